The zero-order chi connectivity index (χ0) is 24.9. The Morgan fingerprint density at radius 1 is 1.00 bits per heavy atom. The molecule has 0 aliphatic heterocycles. The summed E-state index contributed by atoms with van der Waals surface area (Å²) in [5.74, 6) is -2.35. The number of hydrogen-bond acceptors (Lipinski definition) is 6. The topological polar surface area (TPSA) is 122 Å². The van der Waals surface area contributed by atoms with E-state index in [-0.39, 0.29) is 29.1 Å². The molecular weight excluding hydrogens is 455 g/mol. The van der Waals surface area contributed by atoms with Crippen molar-refractivity contribution >= 4 is 40.2 Å². The van der Waals surface area contributed by atoms with E-state index >= 15 is 0 Å². The molecule has 35 heavy (non-hydrogen) atoms. The van der Waals surface area contributed by atoms with Gasteiger partial charge in [-0.05, 0) is 49.4 Å². The lowest BCUT2D eigenvalue weighted by Gasteiger charge is -2.08. The molecular formula is C25H19FN4O5. The smallest absolute Gasteiger partial charge is 0.421 e. The highest BCUT2D eigenvalue weighted by atomic mass is 19.1. The Hall–Kier alpha value is -4.86. The standard InChI is InChI=1S/C25H19FN4O5/c1-2-35-25(34)30-20-10-6-4-8-18(20)21(24(30)33)28-29-23(32)17-7-3-5-9-19(17)27-22(31)15-11-13-16(26)14-12-15/h3-14,33H,2H2,1H3,(H,27,31). The van der Waals surface area contributed by atoms with Crippen LogP contribution >= 0.6 is 0 Å². The monoisotopic (exact) mass is 474 g/mol. The molecule has 9 nitrogen and oxygen atoms in total. The average Bonchev–Trinajstić information content (AvgIpc) is 3.14. The van der Waals surface area contributed by atoms with Crippen LogP contribution in [-0.2, 0) is 4.74 Å². The number of halogens is 1. The molecule has 4 rings (SSSR count). The molecule has 176 valence electrons. The normalized spacial score (nSPS) is 11.0. The van der Waals surface area contributed by atoms with Crippen LogP contribution in [-0.4, -0.2) is 34.2 Å². The highest BCUT2D eigenvalue weighted by Crippen LogP contribution is 2.39. The third-order valence-electron chi connectivity index (χ3n) is 5.03. The van der Waals surface area contributed by atoms with E-state index < -0.39 is 29.6 Å². The number of benzene rings is 3. The van der Waals surface area contributed by atoms with Crippen LogP contribution in [0.5, 0.6) is 5.88 Å². The molecule has 0 aliphatic carbocycles. The van der Waals surface area contributed by atoms with Crippen LogP contribution in [0.2, 0.25) is 0 Å². The number of anilines is 1. The molecule has 1 heterocycles. The molecule has 2 N–H and O–H groups in total. The van der Waals surface area contributed by atoms with Gasteiger partial charge < -0.3 is 15.2 Å². The van der Waals surface area contributed by atoms with Gasteiger partial charge in [-0.15, -0.1) is 10.2 Å². The van der Waals surface area contributed by atoms with E-state index in [1.807, 2.05) is 0 Å². The first-order chi connectivity index (χ1) is 16.9. The first kappa shape index (κ1) is 23.3. The molecule has 0 aliphatic rings. The lowest BCUT2D eigenvalue weighted by molar-refractivity contribution is 0.0996. The largest absolute Gasteiger partial charge is 0.492 e. The lowest BCUT2D eigenvalue weighted by atomic mass is 10.1. The number of para-hydroxylation sites is 2. The quantitative estimate of drug-likeness (QED) is 0.361. The fraction of sp³-hybridized carbons (Fsp3) is 0.0800. The summed E-state index contributed by atoms with van der Waals surface area (Å²) in [7, 11) is 0. The van der Waals surface area contributed by atoms with Gasteiger partial charge in [0.1, 0.15) is 5.82 Å². The van der Waals surface area contributed by atoms with Crippen LogP contribution in [0.1, 0.15) is 27.6 Å². The van der Waals surface area contributed by atoms with Gasteiger partial charge in [0.25, 0.3) is 11.8 Å². The van der Waals surface area contributed by atoms with Crippen LogP contribution < -0.4 is 5.32 Å². The minimum Gasteiger partial charge on any atom is -0.492 e. The molecule has 0 radical (unpaired) electrons. The molecule has 10 heteroatoms. The number of aromatic nitrogens is 1. The lowest BCUT2D eigenvalue weighted by Crippen LogP contribution is -2.14. The summed E-state index contributed by atoms with van der Waals surface area (Å²) in [6, 6.07) is 17.6. The van der Waals surface area contributed by atoms with Crippen LogP contribution in [0.3, 0.4) is 0 Å². The number of carbonyl (C=O) groups excluding carboxylic acids is 3. The first-order valence-corrected chi connectivity index (χ1v) is 10.5. The molecule has 0 bridgehead atoms. The van der Waals surface area contributed by atoms with Crippen LogP contribution in [0, 0.1) is 5.82 Å². The number of hydrogen-bond donors (Lipinski definition) is 2. The molecule has 0 unspecified atom stereocenters. The van der Waals surface area contributed by atoms with Gasteiger partial charge >= 0.3 is 6.09 Å². The maximum absolute atomic E-state index is 13.1. The number of carbonyl (C=O) groups is 3. The summed E-state index contributed by atoms with van der Waals surface area (Å²) in [5.41, 5.74) is 0.655. The van der Waals surface area contributed by atoms with Crippen molar-refractivity contribution in [2.24, 2.45) is 10.2 Å². The van der Waals surface area contributed by atoms with Crippen molar-refractivity contribution in [3.63, 3.8) is 0 Å². The molecule has 0 saturated carbocycles. The fourth-order valence-electron chi connectivity index (χ4n) is 3.40. The average molecular weight is 474 g/mol. The Labute approximate surface area is 198 Å². The number of fused-ring (bicyclic) bond motifs is 1. The third-order valence-corrected chi connectivity index (χ3v) is 5.03. The van der Waals surface area contributed by atoms with Gasteiger partial charge in [0.15, 0.2) is 5.69 Å². The molecule has 0 spiro atoms. The Morgan fingerprint density at radius 3 is 2.43 bits per heavy atom. The zero-order valence-electron chi connectivity index (χ0n) is 18.4. The van der Waals surface area contributed by atoms with E-state index in [0.717, 1.165) is 16.7 Å². The Bertz CT molecular complexity index is 1460. The molecule has 1 aromatic heterocycles. The second-order valence-electron chi connectivity index (χ2n) is 7.24. The molecule has 3 aromatic carbocycles. The minimum absolute atomic E-state index is 0.0420. The molecule has 0 atom stereocenters. The number of rotatable bonds is 5. The van der Waals surface area contributed by atoms with Crippen molar-refractivity contribution in [3.05, 3.63) is 89.7 Å². The summed E-state index contributed by atoms with van der Waals surface area (Å²) in [4.78, 5) is 37.7. The van der Waals surface area contributed by atoms with Crippen molar-refractivity contribution in [1.29, 1.82) is 0 Å². The Kier molecular flexibility index (Phi) is 6.63. The van der Waals surface area contributed by atoms with Gasteiger partial charge in [0.05, 0.1) is 23.4 Å². The van der Waals surface area contributed by atoms with E-state index in [2.05, 4.69) is 15.5 Å². The Balaban J connectivity index is 1.64. The van der Waals surface area contributed by atoms with E-state index in [1.54, 1.807) is 43.3 Å². The first-order valence-electron chi connectivity index (χ1n) is 10.5. The van der Waals surface area contributed by atoms with Gasteiger partial charge in [-0.25, -0.2) is 13.8 Å². The van der Waals surface area contributed by atoms with Crippen LogP contribution in [0.25, 0.3) is 10.9 Å². The number of nitrogens with one attached hydrogen (secondary N) is 1. The number of aromatic hydroxyl groups is 1. The van der Waals surface area contributed by atoms with Gasteiger partial charge in [0, 0.05) is 10.9 Å². The molecule has 2 amide bonds. The van der Waals surface area contributed by atoms with Gasteiger partial charge in [-0.2, -0.15) is 0 Å². The predicted octanol–water partition coefficient (Wildman–Crippen LogP) is 5.67. The maximum Gasteiger partial charge on any atom is 0.421 e. The van der Waals surface area contributed by atoms with E-state index in [1.165, 1.54) is 24.3 Å². The van der Waals surface area contributed by atoms with E-state index in [0.29, 0.717) is 10.9 Å². The van der Waals surface area contributed by atoms with Gasteiger partial charge in [-0.3, -0.25) is 9.59 Å². The van der Waals surface area contributed by atoms with E-state index in [4.69, 9.17) is 4.74 Å². The second-order valence-corrected chi connectivity index (χ2v) is 7.24. The number of azo groups is 1. The third kappa shape index (κ3) is 4.76. The van der Waals surface area contributed by atoms with Crippen molar-refractivity contribution < 1.29 is 28.6 Å². The summed E-state index contributed by atoms with van der Waals surface area (Å²) < 4.78 is 19.1. The second kappa shape index (κ2) is 9.96. The van der Waals surface area contributed by atoms with Crippen LogP contribution in [0.15, 0.2) is 83.0 Å². The summed E-state index contributed by atoms with van der Waals surface area (Å²) in [6.45, 7) is 1.73. The predicted molar refractivity (Wildman–Crippen MR) is 126 cm³/mol. The van der Waals surface area contributed by atoms with Crippen molar-refractivity contribution in [2.45, 2.75) is 6.92 Å². The molecule has 0 saturated heterocycles. The number of nitrogens with zero attached hydrogens (tertiary/aromatic N) is 3. The maximum atomic E-state index is 13.1. The van der Waals surface area contributed by atoms with Crippen molar-refractivity contribution in [1.82, 2.24) is 4.57 Å². The summed E-state index contributed by atoms with van der Waals surface area (Å²) >= 11 is 0. The fourth-order valence-corrected chi connectivity index (χ4v) is 3.40. The summed E-state index contributed by atoms with van der Waals surface area (Å²) in [5, 5.41) is 21.2. The minimum atomic E-state index is -0.803. The van der Waals surface area contributed by atoms with Crippen LogP contribution in [0.4, 0.5) is 20.6 Å². The van der Waals surface area contributed by atoms with E-state index in [9.17, 15) is 23.9 Å². The van der Waals surface area contributed by atoms with Crippen molar-refractivity contribution in [3.8, 4) is 5.88 Å². The summed E-state index contributed by atoms with van der Waals surface area (Å²) in [6.07, 6.45) is -0.803. The highest BCUT2D eigenvalue weighted by molar-refractivity contribution is 6.09. The number of amides is 2. The molecule has 4 aromatic rings. The number of ether oxygens (including phenoxy) is 1. The SMILES string of the molecule is CCOC(=O)n1c(O)c(N=NC(=O)c2ccccc2NC(=O)c2ccc(F)cc2)c2ccccc21. The Morgan fingerprint density at radius 2 is 1.69 bits per heavy atom. The molecule has 0 fully saturated rings. The van der Waals surface area contributed by atoms with Gasteiger partial charge in [-0.1, -0.05) is 30.3 Å². The van der Waals surface area contributed by atoms with Crippen molar-refractivity contribution in [2.75, 3.05) is 11.9 Å². The highest BCUT2D eigenvalue weighted by Gasteiger charge is 2.22. The van der Waals surface area contributed by atoms with Gasteiger partial charge in [0.2, 0.25) is 5.88 Å². The zero-order valence-corrected chi connectivity index (χ0v) is 18.4.